The molecule has 2 aromatic carbocycles. The molecule has 19 heavy (non-hydrogen) atoms. The number of aromatic amines is 1. The molecule has 0 radical (unpaired) electrons. The van der Waals surface area contributed by atoms with E-state index in [2.05, 4.69) is 20.9 Å². The third-order valence-electron chi connectivity index (χ3n) is 2.80. The molecule has 6 heteroatoms. The Morgan fingerprint density at radius 1 is 1.11 bits per heavy atom. The Morgan fingerprint density at radius 3 is 2.68 bits per heavy atom. The van der Waals surface area contributed by atoms with Gasteiger partial charge in [-0.15, -0.1) is 0 Å². The summed E-state index contributed by atoms with van der Waals surface area (Å²) in [5.41, 5.74) is 2.50. The van der Waals surface area contributed by atoms with Crippen molar-refractivity contribution in [1.29, 1.82) is 0 Å². The summed E-state index contributed by atoms with van der Waals surface area (Å²) in [6.07, 6.45) is 0. The number of benzene rings is 2. The fraction of sp³-hybridized carbons (Fsp3) is 0. The first-order valence-corrected chi connectivity index (χ1v) is 7.38. The number of halogens is 3. The predicted octanol–water partition coefficient (Wildman–Crippen LogP) is 5.76. The standard InChI is InChI=1S/C13H7BrCl2N2S/c14-7-4-5-8(15)11(6-7)18-12-9(16)2-1-3-10(12)17-13(18)19/h1-6H,(H,17,19). The van der Waals surface area contributed by atoms with Crippen LogP contribution in [0.25, 0.3) is 16.7 Å². The first-order valence-electron chi connectivity index (χ1n) is 5.42. The highest BCUT2D eigenvalue weighted by molar-refractivity contribution is 9.10. The number of nitrogens with zero attached hydrogens (tertiary/aromatic N) is 1. The minimum atomic E-state index is 0.558. The first-order chi connectivity index (χ1) is 9.08. The van der Waals surface area contributed by atoms with Crippen LogP contribution in [-0.2, 0) is 0 Å². The van der Waals surface area contributed by atoms with Crippen LogP contribution in [-0.4, -0.2) is 9.55 Å². The van der Waals surface area contributed by atoms with Gasteiger partial charge in [0.2, 0.25) is 0 Å². The molecular formula is C13H7BrCl2N2S. The molecule has 3 aromatic rings. The van der Waals surface area contributed by atoms with Crippen molar-refractivity contribution < 1.29 is 0 Å². The second-order valence-corrected chi connectivity index (χ2v) is 6.11. The molecule has 0 fully saturated rings. The number of imidazole rings is 1. The Labute approximate surface area is 133 Å². The second-order valence-electron chi connectivity index (χ2n) is 4.00. The smallest absolute Gasteiger partial charge is 0.182 e. The van der Waals surface area contributed by atoms with Crippen molar-refractivity contribution in [1.82, 2.24) is 9.55 Å². The molecule has 1 N–H and O–H groups in total. The summed E-state index contributed by atoms with van der Waals surface area (Å²) in [7, 11) is 0. The topological polar surface area (TPSA) is 20.7 Å². The number of fused-ring (bicyclic) bond motifs is 1. The fourth-order valence-electron chi connectivity index (χ4n) is 2.00. The average Bonchev–Trinajstić information content (AvgIpc) is 2.70. The van der Waals surface area contributed by atoms with E-state index in [0.29, 0.717) is 14.8 Å². The van der Waals surface area contributed by atoms with Crippen molar-refractivity contribution in [2.45, 2.75) is 0 Å². The van der Waals surface area contributed by atoms with Crippen LogP contribution in [0.1, 0.15) is 0 Å². The van der Waals surface area contributed by atoms with Crippen LogP contribution in [0.2, 0.25) is 10.0 Å². The zero-order valence-electron chi connectivity index (χ0n) is 9.45. The van der Waals surface area contributed by atoms with Crippen LogP contribution < -0.4 is 0 Å². The van der Waals surface area contributed by atoms with E-state index < -0.39 is 0 Å². The van der Waals surface area contributed by atoms with E-state index in [1.54, 1.807) is 0 Å². The molecule has 0 aliphatic rings. The summed E-state index contributed by atoms with van der Waals surface area (Å²) in [6.45, 7) is 0. The van der Waals surface area contributed by atoms with Crippen molar-refractivity contribution in [3.63, 3.8) is 0 Å². The van der Waals surface area contributed by atoms with Crippen LogP contribution in [0.15, 0.2) is 40.9 Å². The minimum absolute atomic E-state index is 0.558. The van der Waals surface area contributed by atoms with Gasteiger partial charge in [-0.2, -0.15) is 0 Å². The van der Waals surface area contributed by atoms with Crippen molar-refractivity contribution in [2.24, 2.45) is 0 Å². The lowest BCUT2D eigenvalue weighted by atomic mass is 10.3. The van der Waals surface area contributed by atoms with E-state index in [4.69, 9.17) is 35.4 Å². The molecular weight excluding hydrogens is 367 g/mol. The van der Waals surface area contributed by atoms with Gasteiger partial charge in [0.05, 0.1) is 26.8 Å². The molecule has 96 valence electrons. The van der Waals surface area contributed by atoms with Gasteiger partial charge in [-0.25, -0.2) is 0 Å². The maximum absolute atomic E-state index is 6.28. The van der Waals surface area contributed by atoms with Crippen LogP contribution >= 0.6 is 51.3 Å². The zero-order chi connectivity index (χ0) is 13.6. The van der Waals surface area contributed by atoms with Gasteiger partial charge in [0.25, 0.3) is 0 Å². The average molecular weight is 374 g/mol. The lowest BCUT2D eigenvalue weighted by Crippen LogP contribution is -1.95. The summed E-state index contributed by atoms with van der Waals surface area (Å²) in [4.78, 5) is 3.13. The van der Waals surface area contributed by atoms with E-state index in [0.717, 1.165) is 21.2 Å². The van der Waals surface area contributed by atoms with Crippen LogP contribution in [0.5, 0.6) is 0 Å². The van der Waals surface area contributed by atoms with Gasteiger partial charge < -0.3 is 4.98 Å². The van der Waals surface area contributed by atoms with Gasteiger partial charge in [-0.3, -0.25) is 4.57 Å². The summed E-state index contributed by atoms with van der Waals surface area (Å²) in [5.74, 6) is 0. The van der Waals surface area contributed by atoms with Crippen LogP contribution in [0.3, 0.4) is 0 Å². The number of hydrogen-bond donors (Lipinski definition) is 1. The predicted molar refractivity (Wildman–Crippen MR) is 86.2 cm³/mol. The summed E-state index contributed by atoms with van der Waals surface area (Å²) >= 11 is 21.4. The van der Waals surface area contributed by atoms with Gasteiger partial charge in [0.15, 0.2) is 4.77 Å². The number of H-pyrrole nitrogens is 1. The Kier molecular flexibility index (Phi) is 3.43. The number of hydrogen-bond acceptors (Lipinski definition) is 1. The molecule has 0 aliphatic heterocycles. The Hall–Kier alpha value is -0.810. The van der Waals surface area contributed by atoms with E-state index in [1.807, 2.05) is 41.0 Å². The van der Waals surface area contributed by atoms with Crippen molar-refractivity contribution in [3.8, 4) is 5.69 Å². The van der Waals surface area contributed by atoms with E-state index in [1.165, 1.54) is 0 Å². The van der Waals surface area contributed by atoms with Gasteiger partial charge in [0, 0.05) is 4.47 Å². The molecule has 3 rings (SSSR count). The fourth-order valence-corrected chi connectivity index (χ4v) is 3.11. The summed E-state index contributed by atoms with van der Waals surface area (Å²) in [5, 5.41) is 1.24. The molecule has 0 saturated heterocycles. The van der Waals surface area contributed by atoms with Gasteiger partial charge in [0.1, 0.15) is 0 Å². The molecule has 0 amide bonds. The third kappa shape index (κ3) is 2.23. The molecule has 0 bridgehead atoms. The van der Waals surface area contributed by atoms with Crippen LogP contribution in [0.4, 0.5) is 0 Å². The molecule has 0 spiro atoms. The molecule has 1 aromatic heterocycles. The molecule has 0 aliphatic carbocycles. The van der Waals surface area contributed by atoms with Crippen molar-refractivity contribution in [3.05, 3.63) is 55.7 Å². The summed E-state index contributed by atoms with van der Waals surface area (Å²) in [6, 6.07) is 11.2. The lowest BCUT2D eigenvalue weighted by Gasteiger charge is -2.08. The first kappa shape index (κ1) is 13.2. The molecule has 0 unspecified atom stereocenters. The highest BCUT2D eigenvalue weighted by Gasteiger charge is 2.12. The Morgan fingerprint density at radius 2 is 1.89 bits per heavy atom. The lowest BCUT2D eigenvalue weighted by molar-refractivity contribution is 1.06. The van der Waals surface area contributed by atoms with E-state index >= 15 is 0 Å². The van der Waals surface area contributed by atoms with E-state index in [-0.39, 0.29) is 0 Å². The monoisotopic (exact) mass is 372 g/mol. The third-order valence-corrected chi connectivity index (χ3v) is 4.21. The zero-order valence-corrected chi connectivity index (χ0v) is 13.4. The largest absolute Gasteiger partial charge is 0.330 e. The second kappa shape index (κ2) is 4.94. The maximum atomic E-state index is 6.28. The van der Waals surface area contributed by atoms with Gasteiger partial charge in [-0.1, -0.05) is 45.2 Å². The van der Waals surface area contributed by atoms with Crippen LogP contribution in [0, 0.1) is 4.77 Å². The molecule has 0 atom stereocenters. The highest BCUT2D eigenvalue weighted by Crippen LogP contribution is 2.31. The normalized spacial score (nSPS) is 11.1. The van der Waals surface area contributed by atoms with E-state index in [9.17, 15) is 0 Å². The Balaban J connectivity index is 2.46. The highest BCUT2D eigenvalue weighted by atomic mass is 79.9. The number of aromatic nitrogens is 2. The quantitative estimate of drug-likeness (QED) is 0.538. The number of nitrogens with one attached hydrogen (secondary N) is 1. The number of rotatable bonds is 1. The molecule has 2 nitrogen and oxygen atoms in total. The van der Waals surface area contributed by atoms with Gasteiger partial charge >= 0.3 is 0 Å². The maximum Gasteiger partial charge on any atom is 0.182 e. The SMILES string of the molecule is S=c1[nH]c2cccc(Cl)c2n1-c1cc(Br)ccc1Cl. The van der Waals surface area contributed by atoms with Crippen molar-refractivity contribution >= 4 is 62.4 Å². The Bertz CT molecular complexity index is 838. The minimum Gasteiger partial charge on any atom is -0.330 e. The molecule has 0 saturated carbocycles. The molecule has 1 heterocycles. The number of para-hydroxylation sites is 1. The van der Waals surface area contributed by atoms with Crippen molar-refractivity contribution in [2.75, 3.05) is 0 Å². The summed E-state index contributed by atoms with van der Waals surface area (Å²) < 4.78 is 3.33. The van der Waals surface area contributed by atoms with Gasteiger partial charge in [-0.05, 0) is 42.5 Å².